The molecule has 312 valence electrons. The van der Waals surface area contributed by atoms with Crippen LogP contribution in [0.1, 0.15) is 92.9 Å². The molecule has 1 saturated carbocycles. The molecule has 12 nitrogen and oxygen atoms in total. The number of hydrogen-bond acceptors (Lipinski definition) is 7. The third kappa shape index (κ3) is 6.63. The zero-order valence-corrected chi connectivity index (χ0v) is 34.7. The second-order valence-electron chi connectivity index (χ2n) is 16.9. The molecule has 1 aromatic heterocycles. The number of nitrogens with one attached hydrogen (secondary N) is 4. The molecule has 4 fully saturated rings. The van der Waals surface area contributed by atoms with Gasteiger partial charge in [0.2, 0.25) is 23.6 Å². The SMILES string of the molecule is Cn1c(=O)n(C2CCC(=O)NC2=O)c2ccc(C#CCCN3CCC(NC(=O)[C@@H]4NC5(CCCCC5)[C@@]5(C(=O)Nc6cc(Cl)ccc65)[C@H]4c4cccc(Cl)c4F)CC3)cc21. The van der Waals surface area contributed by atoms with E-state index in [1.54, 1.807) is 37.4 Å². The topological polar surface area (TPSA) is 147 Å². The van der Waals surface area contributed by atoms with Crippen molar-refractivity contribution in [1.29, 1.82) is 0 Å². The Morgan fingerprint density at radius 1 is 0.950 bits per heavy atom. The lowest BCUT2D eigenvalue weighted by Gasteiger charge is -2.47. The minimum absolute atomic E-state index is 0.0621. The fourth-order valence-electron chi connectivity index (χ4n) is 10.9. The van der Waals surface area contributed by atoms with E-state index in [4.69, 9.17) is 23.2 Å². The predicted molar refractivity (Wildman–Crippen MR) is 226 cm³/mol. The van der Waals surface area contributed by atoms with Crippen LogP contribution in [0.5, 0.6) is 0 Å². The molecule has 2 spiro atoms. The first-order valence-corrected chi connectivity index (χ1v) is 21.6. The highest BCUT2D eigenvalue weighted by Gasteiger charge is 2.72. The van der Waals surface area contributed by atoms with Crippen molar-refractivity contribution in [3.63, 3.8) is 0 Å². The number of fused-ring (bicyclic) bond motifs is 4. The third-order valence-electron chi connectivity index (χ3n) is 13.6. The summed E-state index contributed by atoms with van der Waals surface area (Å²) in [7, 11) is 1.66. The molecule has 1 aliphatic carbocycles. The van der Waals surface area contributed by atoms with Gasteiger partial charge in [-0.1, -0.05) is 72.5 Å². The van der Waals surface area contributed by atoms with Crippen LogP contribution in [0.4, 0.5) is 10.1 Å². The summed E-state index contributed by atoms with van der Waals surface area (Å²) in [4.78, 5) is 68.9. The number of aromatic nitrogens is 2. The van der Waals surface area contributed by atoms with E-state index >= 15 is 4.39 Å². The number of hydrogen-bond donors (Lipinski definition) is 4. The van der Waals surface area contributed by atoms with E-state index in [0.29, 0.717) is 41.0 Å². The molecular formula is C45H46Cl2FN7O5. The van der Waals surface area contributed by atoms with Gasteiger partial charge in [0, 0.05) is 73.3 Å². The van der Waals surface area contributed by atoms with Crippen LogP contribution < -0.4 is 27.0 Å². The Kier molecular flexibility index (Phi) is 10.6. The number of anilines is 1. The molecule has 0 radical (unpaired) electrons. The maximum atomic E-state index is 16.3. The highest BCUT2D eigenvalue weighted by molar-refractivity contribution is 6.31. The fraction of sp³-hybridized carbons (Fsp3) is 0.444. The number of imidazole rings is 1. The number of carbonyl (C=O) groups is 4. The van der Waals surface area contributed by atoms with Gasteiger partial charge in [-0.05, 0) is 79.6 Å². The van der Waals surface area contributed by atoms with E-state index in [-0.39, 0.29) is 52.9 Å². The first-order valence-electron chi connectivity index (χ1n) is 20.8. The van der Waals surface area contributed by atoms with E-state index in [1.807, 2.05) is 18.2 Å². The minimum atomic E-state index is -1.28. The zero-order valence-electron chi connectivity index (χ0n) is 33.2. The van der Waals surface area contributed by atoms with Crippen molar-refractivity contribution in [2.75, 3.05) is 25.0 Å². The molecule has 4 aromatic rings. The maximum absolute atomic E-state index is 16.3. The Hall–Kier alpha value is -5.00. The monoisotopic (exact) mass is 853 g/mol. The summed E-state index contributed by atoms with van der Waals surface area (Å²) in [6.45, 7) is 2.25. The summed E-state index contributed by atoms with van der Waals surface area (Å²) in [5.41, 5.74) is 1.14. The Morgan fingerprint density at radius 2 is 1.73 bits per heavy atom. The van der Waals surface area contributed by atoms with Gasteiger partial charge in [0.15, 0.2) is 0 Å². The summed E-state index contributed by atoms with van der Waals surface area (Å²) >= 11 is 12.8. The normalized spacial score (nSPS) is 25.3. The number of amides is 4. The third-order valence-corrected chi connectivity index (χ3v) is 14.2. The van der Waals surface area contributed by atoms with Crippen molar-refractivity contribution in [3.8, 4) is 11.8 Å². The fourth-order valence-corrected chi connectivity index (χ4v) is 11.2. The van der Waals surface area contributed by atoms with Crippen molar-refractivity contribution in [2.24, 2.45) is 7.05 Å². The van der Waals surface area contributed by atoms with Crippen molar-refractivity contribution >= 4 is 63.6 Å². The largest absolute Gasteiger partial charge is 0.352 e. The summed E-state index contributed by atoms with van der Waals surface area (Å²) in [6.07, 6.45) is 6.53. The van der Waals surface area contributed by atoms with Crippen LogP contribution >= 0.6 is 23.2 Å². The number of aryl methyl sites for hydroxylation is 1. The second kappa shape index (κ2) is 15.8. The molecule has 0 bridgehead atoms. The molecule has 4 N–H and O–H groups in total. The van der Waals surface area contributed by atoms with Crippen LogP contribution in [0.15, 0.2) is 59.4 Å². The second-order valence-corrected chi connectivity index (χ2v) is 17.7. The van der Waals surface area contributed by atoms with Gasteiger partial charge in [-0.15, -0.1) is 0 Å². The van der Waals surface area contributed by atoms with Crippen molar-refractivity contribution in [3.05, 3.63) is 97.6 Å². The molecule has 4 amide bonds. The van der Waals surface area contributed by atoms with E-state index in [1.165, 1.54) is 15.2 Å². The van der Waals surface area contributed by atoms with Gasteiger partial charge in [-0.3, -0.25) is 38.9 Å². The summed E-state index contributed by atoms with van der Waals surface area (Å²) in [5.74, 6) is 3.63. The average molecular weight is 855 g/mol. The molecule has 3 aromatic carbocycles. The van der Waals surface area contributed by atoms with E-state index < -0.39 is 40.7 Å². The molecule has 60 heavy (non-hydrogen) atoms. The van der Waals surface area contributed by atoms with Crippen LogP contribution in [-0.2, 0) is 31.6 Å². The molecule has 5 aliphatic rings. The van der Waals surface area contributed by atoms with E-state index in [2.05, 4.69) is 38.0 Å². The van der Waals surface area contributed by atoms with Gasteiger partial charge in [-0.2, -0.15) is 0 Å². The predicted octanol–water partition coefficient (Wildman–Crippen LogP) is 5.43. The number of carbonyl (C=O) groups excluding carboxylic acids is 4. The van der Waals surface area contributed by atoms with E-state index in [9.17, 15) is 24.0 Å². The summed E-state index contributed by atoms with van der Waals surface area (Å²) in [6, 6.07) is 13.9. The number of benzene rings is 3. The molecule has 1 unspecified atom stereocenters. The molecule has 9 rings (SSSR count). The molecule has 5 heterocycles. The van der Waals surface area contributed by atoms with Gasteiger partial charge >= 0.3 is 5.69 Å². The van der Waals surface area contributed by atoms with Crippen LogP contribution in [0.3, 0.4) is 0 Å². The lowest BCUT2D eigenvalue weighted by Crippen LogP contribution is -2.60. The summed E-state index contributed by atoms with van der Waals surface area (Å²) in [5, 5.41) is 12.8. The Labute approximate surface area is 356 Å². The van der Waals surface area contributed by atoms with Crippen LogP contribution in [0.25, 0.3) is 11.0 Å². The van der Waals surface area contributed by atoms with Crippen LogP contribution in [0, 0.1) is 17.7 Å². The van der Waals surface area contributed by atoms with Crippen molar-refractivity contribution < 1.29 is 23.6 Å². The first-order chi connectivity index (χ1) is 28.9. The lowest BCUT2D eigenvalue weighted by atomic mass is 9.55. The molecule has 15 heteroatoms. The zero-order chi connectivity index (χ0) is 41.9. The van der Waals surface area contributed by atoms with Crippen LogP contribution in [-0.4, -0.2) is 74.9 Å². The highest BCUT2D eigenvalue weighted by Crippen LogP contribution is 2.62. The van der Waals surface area contributed by atoms with Gasteiger partial charge in [0.1, 0.15) is 17.3 Å². The van der Waals surface area contributed by atoms with Gasteiger partial charge < -0.3 is 15.5 Å². The average Bonchev–Trinajstić information content (AvgIpc) is 3.78. The molecular weight excluding hydrogens is 808 g/mol. The molecule has 4 atom stereocenters. The minimum Gasteiger partial charge on any atom is -0.352 e. The number of imide groups is 1. The number of piperidine rings is 2. The number of halogens is 3. The van der Waals surface area contributed by atoms with E-state index in [0.717, 1.165) is 62.9 Å². The van der Waals surface area contributed by atoms with Crippen molar-refractivity contribution in [2.45, 2.75) is 99.2 Å². The quantitative estimate of drug-likeness (QED) is 0.150. The smallest absolute Gasteiger partial charge is 0.329 e. The highest BCUT2D eigenvalue weighted by atomic mass is 35.5. The van der Waals surface area contributed by atoms with Gasteiger partial charge in [0.05, 0.1) is 22.1 Å². The number of nitrogens with zero attached hydrogens (tertiary/aromatic N) is 3. The standard InChI is InChI=1S/C45H46Cl2FN7O5/c1-53-35-24-26(11-14-33(35)55(43(53)60)34-15-16-36(56)51-40(34)57)8-3-6-21-54-22-17-28(18-23-54)49-41(58)39-37(29-9-7-10-31(47)38(29)48)45(44(52-39)19-4-2-5-20-44)30-13-12-27(46)25-32(30)50-42(45)59/h7,9-14,24-25,28,34,37,39,52H,2,4-6,15-23H2,1H3,(H,49,58)(H,50,59)(H,51,56,57)/t34?,37-,39+,45+/m0/s1. The molecule has 3 saturated heterocycles. The molecule has 4 aliphatic heterocycles. The lowest BCUT2D eigenvalue weighted by molar-refractivity contribution is -0.136. The number of likely N-dealkylation sites (tertiary alicyclic amines) is 1. The first kappa shape index (κ1) is 40.4. The Balaban J connectivity index is 0.884. The maximum Gasteiger partial charge on any atom is 0.329 e. The Bertz CT molecular complexity index is 2570. The van der Waals surface area contributed by atoms with Gasteiger partial charge in [-0.25, -0.2) is 9.18 Å². The number of rotatable bonds is 6. The van der Waals surface area contributed by atoms with Gasteiger partial charge in [0.25, 0.3) is 0 Å². The van der Waals surface area contributed by atoms with Crippen LogP contribution in [0.2, 0.25) is 10.0 Å². The van der Waals surface area contributed by atoms with Crippen molar-refractivity contribution in [1.82, 2.24) is 30.0 Å². The summed E-state index contributed by atoms with van der Waals surface area (Å²) < 4.78 is 19.2. The Morgan fingerprint density at radius 3 is 2.50 bits per heavy atom.